The predicted octanol–water partition coefficient (Wildman–Crippen LogP) is 3.89. The molecule has 7 heteroatoms. The molecule has 0 radical (unpaired) electrons. The van der Waals surface area contributed by atoms with E-state index in [1.807, 2.05) is 13.8 Å². The molecule has 2 amide bonds. The maximum atomic E-state index is 12.3. The molecule has 0 saturated carbocycles. The summed E-state index contributed by atoms with van der Waals surface area (Å²) in [6.45, 7) is 3.75. The molecule has 1 aliphatic heterocycles. The van der Waals surface area contributed by atoms with Crippen molar-refractivity contribution >= 4 is 40.6 Å². The topological polar surface area (TPSA) is 66.8 Å². The van der Waals surface area contributed by atoms with Gasteiger partial charge in [0.25, 0.3) is 11.1 Å². The van der Waals surface area contributed by atoms with Crippen LogP contribution in [0.1, 0.15) is 25.8 Å². The van der Waals surface area contributed by atoms with Crippen LogP contribution in [0.4, 0.5) is 4.79 Å². The number of carbonyl (C=O) groups is 2. The molecule has 0 spiro atoms. The maximum Gasteiger partial charge on any atom is 0.293 e. The number of hydrogen-bond acceptors (Lipinski definition) is 5. The highest BCUT2D eigenvalue weighted by Crippen LogP contribution is 2.38. The third-order valence-corrected chi connectivity index (χ3v) is 4.60. The van der Waals surface area contributed by atoms with Crippen molar-refractivity contribution in [2.45, 2.75) is 26.3 Å². The molecule has 1 aromatic rings. The van der Waals surface area contributed by atoms with Crippen molar-refractivity contribution in [3.8, 4) is 11.5 Å². The van der Waals surface area contributed by atoms with E-state index in [2.05, 4.69) is 0 Å². The summed E-state index contributed by atoms with van der Waals surface area (Å²) in [7, 11) is 1.41. The van der Waals surface area contributed by atoms with Gasteiger partial charge < -0.3 is 9.84 Å². The van der Waals surface area contributed by atoms with Crippen molar-refractivity contribution < 1.29 is 19.4 Å². The summed E-state index contributed by atoms with van der Waals surface area (Å²) < 4.78 is 5.02. The smallest absolute Gasteiger partial charge is 0.293 e. The van der Waals surface area contributed by atoms with Gasteiger partial charge in [-0.25, -0.2) is 0 Å². The maximum absolute atomic E-state index is 12.3. The van der Waals surface area contributed by atoms with Gasteiger partial charge >= 0.3 is 0 Å². The summed E-state index contributed by atoms with van der Waals surface area (Å²) in [6.07, 6.45) is 2.27. The molecule has 1 aliphatic rings. The van der Waals surface area contributed by atoms with E-state index in [0.717, 1.165) is 11.8 Å². The Balaban J connectivity index is 2.37. The van der Waals surface area contributed by atoms with Gasteiger partial charge in [-0.05, 0) is 48.9 Å². The summed E-state index contributed by atoms with van der Waals surface area (Å²) in [6, 6.07) is 2.92. The normalized spacial score (nSPS) is 18.2. The molecule has 0 bridgehead atoms. The van der Waals surface area contributed by atoms with Gasteiger partial charge in [-0.15, -0.1) is 0 Å². The number of amides is 2. The van der Waals surface area contributed by atoms with Crippen LogP contribution in [0.5, 0.6) is 11.5 Å². The molecular weight excluding hydrogens is 326 g/mol. The zero-order valence-corrected chi connectivity index (χ0v) is 14.0. The van der Waals surface area contributed by atoms with Crippen LogP contribution in [0.25, 0.3) is 6.08 Å². The Labute approximate surface area is 137 Å². The number of nitrogens with zero attached hydrogens (tertiary/aromatic N) is 1. The third kappa shape index (κ3) is 3.08. The molecule has 1 fully saturated rings. The first-order valence-electron chi connectivity index (χ1n) is 6.72. The molecule has 2 rings (SSSR count). The third-order valence-electron chi connectivity index (χ3n) is 3.42. The van der Waals surface area contributed by atoms with Crippen LogP contribution < -0.4 is 4.74 Å². The van der Waals surface area contributed by atoms with Crippen LogP contribution >= 0.6 is 23.4 Å². The number of methoxy groups -OCH3 is 1. The lowest BCUT2D eigenvalue weighted by molar-refractivity contribution is -0.124. The molecule has 0 aromatic heterocycles. The van der Waals surface area contributed by atoms with Crippen LogP contribution in [-0.4, -0.2) is 34.3 Å². The molecule has 0 aliphatic carbocycles. The van der Waals surface area contributed by atoms with Gasteiger partial charge in [-0.2, -0.15) is 0 Å². The largest absolute Gasteiger partial charge is 0.503 e. The van der Waals surface area contributed by atoms with Crippen molar-refractivity contribution in [3.63, 3.8) is 0 Å². The number of phenolic OH excluding ortho intramolecular Hbond substituents is 1. The number of ether oxygens (including phenoxy) is 1. The quantitative estimate of drug-likeness (QED) is 0.841. The first-order chi connectivity index (χ1) is 10.4. The molecule has 5 nitrogen and oxygen atoms in total. The summed E-state index contributed by atoms with van der Waals surface area (Å²) in [5.74, 6) is -0.263. The standard InChI is InChI=1S/C15H16ClNO4S/c1-4-8(2)17-14(19)12(22-15(17)20)7-9-5-10(16)13(18)11(6-9)21-3/h5-8,18H,4H2,1-3H3/b12-7-/t8-/m1/s1. The van der Waals surface area contributed by atoms with E-state index in [9.17, 15) is 14.7 Å². The second-order valence-electron chi connectivity index (χ2n) is 4.86. The number of rotatable bonds is 4. The Morgan fingerprint density at radius 2 is 2.14 bits per heavy atom. The van der Waals surface area contributed by atoms with Crippen molar-refractivity contribution in [2.24, 2.45) is 0 Å². The molecule has 22 heavy (non-hydrogen) atoms. The number of aromatic hydroxyl groups is 1. The number of carbonyl (C=O) groups excluding carboxylic acids is 2. The summed E-state index contributed by atoms with van der Waals surface area (Å²) in [4.78, 5) is 25.9. The van der Waals surface area contributed by atoms with Gasteiger partial charge in [0.2, 0.25) is 0 Å². The second kappa shape index (κ2) is 6.62. The SMILES string of the molecule is CC[C@@H](C)N1C(=O)S/C(=C\c2cc(Cl)c(O)c(OC)c2)C1=O. The van der Waals surface area contributed by atoms with E-state index < -0.39 is 0 Å². The first kappa shape index (κ1) is 16.7. The Hall–Kier alpha value is -1.66. The minimum Gasteiger partial charge on any atom is -0.503 e. The number of halogens is 1. The van der Waals surface area contributed by atoms with Crippen LogP contribution in [0, 0.1) is 0 Å². The molecule has 0 unspecified atom stereocenters. The van der Waals surface area contributed by atoms with Crippen LogP contribution in [-0.2, 0) is 4.79 Å². The van der Waals surface area contributed by atoms with Gasteiger partial charge in [0.1, 0.15) is 0 Å². The fourth-order valence-corrected chi connectivity index (χ4v) is 3.18. The van der Waals surface area contributed by atoms with Gasteiger partial charge in [-0.3, -0.25) is 14.5 Å². The fraction of sp³-hybridized carbons (Fsp3) is 0.333. The molecule has 1 saturated heterocycles. The summed E-state index contributed by atoms with van der Waals surface area (Å²) in [5.41, 5.74) is 0.578. The van der Waals surface area contributed by atoms with E-state index in [-0.39, 0.29) is 33.7 Å². The monoisotopic (exact) mass is 341 g/mol. The van der Waals surface area contributed by atoms with Crippen molar-refractivity contribution in [2.75, 3.05) is 7.11 Å². The Morgan fingerprint density at radius 1 is 1.45 bits per heavy atom. The molecule has 1 atom stereocenters. The first-order valence-corrected chi connectivity index (χ1v) is 7.92. The highest BCUT2D eigenvalue weighted by molar-refractivity contribution is 8.18. The zero-order chi connectivity index (χ0) is 16.4. The second-order valence-corrected chi connectivity index (χ2v) is 6.26. The number of thioether (sulfide) groups is 1. The highest BCUT2D eigenvalue weighted by Gasteiger charge is 2.37. The number of benzene rings is 1. The highest BCUT2D eigenvalue weighted by atomic mass is 35.5. The van der Waals surface area contributed by atoms with Crippen molar-refractivity contribution in [1.29, 1.82) is 0 Å². The van der Waals surface area contributed by atoms with E-state index in [4.69, 9.17) is 16.3 Å². The number of hydrogen-bond donors (Lipinski definition) is 1. The van der Waals surface area contributed by atoms with Crippen LogP contribution in [0.15, 0.2) is 17.0 Å². The minimum absolute atomic E-state index is 0.117. The minimum atomic E-state index is -0.312. The Bertz CT molecular complexity index is 659. The summed E-state index contributed by atoms with van der Waals surface area (Å²) >= 11 is 6.82. The molecular formula is C15H16ClNO4S. The molecule has 1 N–H and O–H groups in total. The lowest BCUT2D eigenvalue weighted by Crippen LogP contribution is -2.36. The van der Waals surface area contributed by atoms with Gasteiger partial charge in [0.15, 0.2) is 11.5 Å². The Morgan fingerprint density at radius 3 is 2.73 bits per heavy atom. The fourth-order valence-electron chi connectivity index (χ4n) is 2.03. The van der Waals surface area contributed by atoms with E-state index in [1.165, 1.54) is 18.1 Å². The van der Waals surface area contributed by atoms with Gasteiger partial charge in [-0.1, -0.05) is 18.5 Å². The summed E-state index contributed by atoms with van der Waals surface area (Å²) in [5, 5.41) is 9.55. The Kier molecular flexibility index (Phi) is 5.03. The van der Waals surface area contributed by atoms with Gasteiger partial charge in [0, 0.05) is 6.04 Å². The number of phenols is 1. The lowest BCUT2D eigenvalue weighted by Gasteiger charge is -2.19. The molecule has 1 heterocycles. The molecule has 118 valence electrons. The molecule has 1 aromatic carbocycles. The van der Waals surface area contributed by atoms with Crippen molar-refractivity contribution in [1.82, 2.24) is 4.90 Å². The lowest BCUT2D eigenvalue weighted by atomic mass is 10.1. The zero-order valence-electron chi connectivity index (χ0n) is 12.4. The van der Waals surface area contributed by atoms with E-state index in [1.54, 1.807) is 12.1 Å². The van der Waals surface area contributed by atoms with Gasteiger partial charge in [0.05, 0.1) is 17.0 Å². The van der Waals surface area contributed by atoms with E-state index in [0.29, 0.717) is 16.9 Å². The van der Waals surface area contributed by atoms with Crippen LogP contribution in [0.2, 0.25) is 5.02 Å². The van der Waals surface area contributed by atoms with Crippen molar-refractivity contribution in [3.05, 3.63) is 27.6 Å². The van der Waals surface area contributed by atoms with E-state index >= 15 is 0 Å². The predicted molar refractivity (Wildman–Crippen MR) is 87.2 cm³/mol. The average molecular weight is 342 g/mol. The average Bonchev–Trinajstić information content (AvgIpc) is 2.76. The van der Waals surface area contributed by atoms with Crippen LogP contribution in [0.3, 0.4) is 0 Å². The number of imide groups is 1.